The molecular formula is C38H48N8O. The molecular weight excluding hydrogens is 584 g/mol. The second-order valence-electron chi connectivity index (χ2n) is 14.4. The van der Waals surface area contributed by atoms with Crippen LogP contribution in [0.25, 0.3) is 27.9 Å². The minimum absolute atomic E-state index is 0.214. The maximum Gasteiger partial charge on any atom is 0.182 e. The van der Waals surface area contributed by atoms with Gasteiger partial charge in [0.05, 0.1) is 16.9 Å². The summed E-state index contributed by atoms with van der Waals surface area (Å²) in [6.07, 6.45) is 6.08. The van der Waals surface area contributed by atoms with Crippen molar-refractivity contribution in [1.82, 2.24) is 30.3 Å². The van der Waals surface area contributed by atoms with Gasteiger partial charge in [-0.1, -0.05) is 48.5 Å². The van der Waals surface area contributed by atoms with Gasteiger partial charge in [-0.2, -0.15) is 0 Å². The predicted molar refractivity (Wildman–Crippen MR) is 191 cm³/mol. The molecule has 0 radical (unpaired) electrons. The fourth-order valence-corrected chi connectivity index (χ4v) is 7.31. The lowest BCUT2D eigenvalue weighted by molar-refractivity contribution is -0.00985. The Morgan fingerprint density at radius 2 is 1.79 bits per heavy atom. The van der Waals surface area contributed by atoms with Crippen LogP contribution >= 0.6 is 0 Å². The third-order valence-electron chi connectivity index (χ3n) is 10.0. The molecule has 0 spiro atoms. The number of ether oxygens (including phenoxy) is 1. The van der Waals surface area contributed by atoms with Gasteiger partial charge in [0, 0.05) is 80.1 Å². The van der Waals surface area contributed by atoms with Crippen molar-refractivity contribution in [3.63, 3.8) is 0 Å². The zero-order valence-corrected chi connectivity index (χ0v) is 28.2. The van der Waals surface area contributed by atoms with Gasteiger partial charge in [0.25, 0.3) is 0 Å². The molecule has 47 heavy (non-hydrogen) atoms. The molecule has 1 unspecified atom stereocenters. The highest BCUT2D eigenvalue weighted by Gasteiger charge is 2.52. The number of aliphatic imine (C=N–C) groups is 1. The quantitative estimate of drug-likeness (QED) is 0.274. The minimum Gasteiger partial charge on any atom is -0.474 e. The van der Waals surface area contributed by atoms with E-state index in [1.165, 1.54) is 0 Å². The molecule has 4 aliphatic rings. The van der Waals surface area contributed by atoms with Crippen LogP contribution in [-0.4, -0.2) is 82.1 Å². The summed E-state index contributed by atoms with van der Waals surface area (Å²) in [5.41, 5.74) is 12.1. The monoisotopic (exact) mass is 632 g/mol. The summed E-state index contributed by atoms with van der Waals surface area (Å²) >= 11 is 0. The van der Waals surface area contributed by atoms with E-state index in [4.69, 9.17) is 15.5 Å². The van der Waals surface area contributed by atoms with Crippen molar-refractivity contribution < 1.29 is 4.74 Å². The maximum absolute atomic E-state index is 6.57. The van der Waals surface area contributed by atoms with Crippen LogP contribution in [0.3, 0.4) is 0 Å². The number of nitrogens with two attached hydrogens (primary N) is 1. The Labute approximate surface area is 278 Å². The molecule has 9 heteroatoms. The van der Waals surface area contributed by atoms with Crippen LogP contribution in [0.5, 0.6) is 0 Å². The first-order chi connectivity index (χ1) is 22.6. The fraction of sp³-hybridized carbons (Fsp3) is 0.421. The molecule has 4 N–H and O–H groups in total. The van der Waals surface area contributed by atoms with E-state index in [1.54, 1.807) is 0 Å². The number of piperazine rings is 1. The first-order valence-electron chi connectivity index (χ1n) is 16.9. The summed E-state index contributed by atoms with van der Waals surface area (Å²) in [6.45, 7) is 18.7. The Balaban J connectivity index is 0.976. The summed E-state index contributed by atoms with van der Waals surface area (Å²) in [5, 5.41) is 8.87. The minimum atomic E-state index is -0.304. The number of hydrogen-bond donors (Lipinski definition) is 3. The normalized spacial score (nSPS) is 24.6. The number of nitrogens with zero attached hydrogens (tertiary/aromatic N) is 5. The molecule has 7 rings (SSSR count). The average Bonchev–Trinajstić information content (AvgIpc) is 3.35. The van der Waals surface area contributed by atoms with E-state index in [2.05, 4.69) is 113 Å². The van der Waals surface area contributed by atoms with Crippen molar-refractivity contribution in [2.45, 2.75) is 57.8 Å². The fourth-order valence-electron chi connectivity index (χ4n) is 7.31. The molecule has 2 aromatic carbocycles. The first-order valence-corrected chi connectivity index (χ1v) is 16.9. The smallest absolute Gasteiger partial charge is 0.182 e. The largest absolute Gasteiger partial charge is 0.474 e. The molecule has 246 valence electrons. The number of benzene rings is 2. The van der Waals surface area contributed by atoms with Crippen LogP contribution in [0.4, 0.5) is 0 Å². The lowest BCUT2D eigenvalue weighted by atomic mass is 9.72. The molecule has 1 saturated carbocycles. The number of nitrogens with one attached hydrogen (secondary N) is 2. The zero-order valence-electron chi connectivity index (χ0n) is 28.2. The third kappa shape index (κ3) is 6.34. The highest BCUT2D eigenvalue weighted by molar-refractivity contribution is 6.05. The van der Waals surface area contributed by atoms with Crippen molar-refractivity contribution in [2.24, 2.45) is 16.6 Å². The van der Waals surface area contributed by atoms with Crippen molar-refractivity contribution in [2.75, 3.05) is 39.3 Å². The lowest BCUT2D eigenvalue weighted by Gasteiger charge is -2.50. The van der Waals surface area contributed by atoms with Gasteiger partial charge in [-0.15, -0.1) is 0 Å². The second kappa shape index (κ2) is 12.4. The molecule has 1 aliphatic carbocycles. The van der Waals surface area contributed by atoms with E-state index >= 15 is 0 Å². The van der Waals surface area contributed by atoms with Crippen molar-refractivity contribution in [3.8, 4) is 11.3 Å². The van der Waals surface area contributed by atoms with Gasteiger partial charge in [0.2, 0.25) is 0 Å². The number of amidine groups is 1. The number of hydrogen-bond acceptors (Lipinski definition) is 9. The van der Waals surface area contributed by atoms with E-state index in [1.807, 2.05) is 24.4 Å². The van der Waals surface area contributed by atoms with Gasteiger partial charge < -0.3 is 30.9 Å². The van der Waals surface area contributed by atoms with Crippen molar-refractivity contribution >= 4 is 22.4 Å². The van der Waals surface area contributed by atoms with Crippen molar-refractivity contribution in [3.05, 3.63) is 96.8 Å². The van der Waals surface area contributed by atoms with E-state index in [9.17, 15) is 0 Å². The van der Waals surface area contributed by atoms with Crippen LogP contribution in [0.2, 0.25) is 0 Å². The molecule has 2 fully saturated rings. The molecule has 9 nitrogen and oxygen atoms in total. The number of rotatable bonds is 9. The topological polar surface area (TPSA) is 94.3 Å². The number of pyridine rings is 1. The summed E-state index contributed by atoms with van der Waals surface area (Å²) in [7, 11) is 0. The molecule has 1 atom stereocenters. The van der Waals surface area contributed by atoms with Crippen LogP contribution in [0, 0.1) is 5.92 Å². The van der Waals surface area contributed by atoms with Gasteiger partial charge >= 0.3 is 0 Å². The standard InChI is InChI=1S/C38H48N8O/c1-26(47-37(2,3)4)45-21-19-44(20-22-45)17-15-40-31-24-30(25-31)38(5)43-34(35-36(39)41-16-18-46(35)38)29-12-11-28-13-14-32(42-33(28)23-29)27-9-7-6-8-10-27/h6-14,16,18,23,30-31,40,43H,1,15,17,19-22,24-25H2,2-5H3,(H2,39,41). The summed E-state index contributed by atoms with van der Waals surface area (Å²) < 4.78 is 5.98. The van der Waals surface area contributed by atoms with Gasteiger partial charge in [0.15, 0.2) is 5.88 Å². The van der Waals surface area contributed by atoms with Gasteiger partial charge in [-0.05, 0) is 59.2 Å². The summed E-state index contributed by atoms with van der Waals surface area (Å²) in [5.74, 6) is 1.77. The Hall–Kier alpha value is -4.34. The molecule has 3 aromatic rings. The van der Waals surface area contributed by atoms with Crippen LogP contribution in [0.15, 0.2) is 96.2 Å². The average molecular weight is 633 g/mol. The Morgan fingerprint density at radius 3 is 2.53 bits per heavy atom. The van der Waals surface area contributed by atoms with Crippen LogP contribution in [0.1, 0.15) is 46.1 Å². The van der Waals surface area contributed by atoms with Gasteiger partial charge in [-0.3, -0.25) is 4.90 Å². The van der Waals surface area contributed by atoms with Crippen LogP contribution < -0.4 is 16.4 Å². The Morgan fingerprint density at radius 1 is 1.04 bits per heavy atom. The highest BCUT2D eigenvalue weighted by atomic mass is 16.5. The maximum atomic E-state index is 6.57. The summed E-state index contributed by atoms with van der Waals surface area (Å²) in [6, 6.07) is 21.5. The number of aromatic nitrogens is 1. The van der Waals surface area contributed by atoms with E-state index in [0.717, 1.165) is 97.1 Å². The lowest BCUT2D eigenvalue weighted by Crippen LogP contribution is -2.61. The third-order valence-corrected chi connectivity index (χ3v) is 10.0. The molecule has 0 bridgehead atoms. The molecule has 4 heterocycles. The SMILES string of the molecule is C=C(OC(C)(C)C)N1CCN(CCNC2CC(C3(C)NC(c4ccc5ccc(-c6ccccc6)nc5c4)=C4C(N)=NC=CN43)C2)CC1. The van der Waals surface area contributed by atoms with E-state index < -0.39 is 0 Å². The number of fused-ring (bicyclic) bond motifs is 2. The van der Waals surface area contributed by atoms with Gasteiger partial charge in [0.1, 0.15) is 22.8 Å². The Bertz CT molecular complexity index is 1730. The molecule has 1 aromatic heterocycles. The van der Waals surface area contributed by atoms with Crippen LogP contribution in [-0.2, 0) is 4.74 Å². The first kappa shape index (κ1) is 31.3. The molecule has 1 saturated heterocycles. The zero-order chi connectivity index (χ0) is 32.8. The summed E-state index contributed by atoms with van der Waals surface area (Å²) in [4.78, 5) is 16.6. The van der Waals surface area contributed by atoms with Gasteiger partial charge in [-0.25, -0.2) is 9.98 Å². The molecule has 3 aliphatic heterocycles. The Kier molecular flexibility index (Phi) is 8.22. The highest BCUT2D eigenvalue weighted by Crippen LogP contribution is 2.46. The second-order valence-corrected chi connectivity index (χ2v) is 14.4. The van der Waals surface area contributed by atoms with Crippen molar-refractivity contribution in [1.29, 1.82) is 0 Å². The van der Waals surface area contributed by atoms with E-state index in [0.29, 0.717) is 17.8 Å². The predicted octanol–water partition coefficient (Wildman–Crippen LogP) is 5.31. The van der Waals surface area contributed by atoms with E-state index in [-0.39, 0.29) is 11.3 Å². The molecule has 0 amide bonds.